The Bertz CT molecular complexity index is 1000. The van der Waals surface area contributed by atoms with Crippen molar-refractivity contribution in [2.45, 2.75) is 42.8 Å². The molecule has 2 heterocycles. The van der Waals surface area contributed by atoms with Crippen LogP contribution in [0.2, 0.25) is 5.02 Å². The van der Waals surface area contributed by atoms with Crippen LogP contribution in [0.4, 0.5) is 10.5 Å². The number of hydrogen-bond acceptors (Lipinski definition) is 5. The fourth-order valence-corrected chi connectivity index (χ4v) is 6.39. The van der Waals surface area contributed by atoms with E-state index in [9.17, 15) is 9.59 Å². The van der Waals surface area contributed by atoms with Gasteiger partial charge in [-0.1, -0.05) is 41.9 Å². The molecule has 8 heteroatoms. The number of nitrogens with zero attached hydrogens (tertiary/aromatic N) is 3. The maximum atomic E-state index is 12.4. The quantitative estimate of drug-likeness (QED) is 0.505. The molecule has 0 bridgehead atoms. The maximum Gasteiger partial charge on any atom is 0.410 e. The highest BCUT2D eigenvalue weighted by atomic mass is 35.5. The first-order valence-corrected chi connectivity index (χ1v) is 13.6. The van der Waals surface area contributed by atoms with Crippen molar-refractivity contribution >= 4 is 41.1 Å². The van der Waals surface area contributed by atoms with Crippen LogP contribution in [-0.4, -0.2) is 72.6 Å². The van der Waals surface area contributed by atoms with Gasteiger partial charge < -0.3 is 19.4 Å². The molecule has 2 aromatic rings. The molecule has 0 saturated carbocycles. The third-order valence-electron chi connectivity index (χ3n) is 6.69. The summed E-state index contributed by atoms with van der Waals surface area (Å²) in [6.45, 7) is 3.83. The Morgan fingerprint density at radius 2 is 1.60 bits per heavy atom. The van der Waals surface area contributed by atoms with E-state index in [1.54, 1.807) is 19.0 Å². The van der Waals surface area contributed by atoms with Gasteiger partial charge in [0.05, 0.1) is 10.6 Å². The van der Waals surface area contributed by atoms with Crippen molar-refractivity contribution in [2.24, 2.45) is 0 Å². The van der Waals surface area contributed by atoms with Gasteiger partial charge in [-0.15, -0.1) is 0 Å². The minimum atomic E-state index is -0.206. The van der Waals surface area contributed by atoms with Gasteiger partial charge in [0, 0.05) is 56.5 Å². The van der Waals surface area contributed by atoms with Gasteiger partial charge in [-0.3, -0.25) is 4.79 Å². The number of hydrogen-bond donors (Lipinski definition) is 0. The fraction of sp³-hybridized carbons (Fsp3) is 0.481. The van der Waals surface area contributed by atoms with Gasteiger partial charge in [-0.25, -0.2) is 4.79 Å². The van der Waals surface area contributed by atoms with Crippen LogP contribution in [0.3, 0.4) is 0 Å². The normalized spacial score (nSPS) is 17.3. The van der Waals surface area contributed by atoms with Crippen LogP contribution in [0, 0.1) is 0 Å². The van der Waals surface area contributed by atoms with Crippen LogP contribution >= 0.6 is 23.4 Å². The van der Waals surface area contributed by atoms with Crippen molar-refractivity contribution in [3.63, 3.8) is 0 Å². The summed E-state index contributed by atoms with van der Waals surface area (Å²) in [5, 5.41) is 1.74. The lowest BCUT2D eigenvalue weighted by molar-refractivity contribution is 0.0827. The monoisotopic (exact) mass is 515 g/mol. The highest BCUT2D eigenvalue weighted by Crippen LogP contribution is 2.34. The number of anilines is 1. The van der Waals surface area contributed by atoms with Crippen molar-refractivity contribution in [2.75, 3.05) is 45.2 Å². The van der Waals surface area contributed by atoms with Crippen molar-refractivity contribution in [3.8, 4) is 0 Å². The Morgan fingerprint density at radius 3 is 2.20 bits per heavy atom. The number of likely N-dealkylation sites (tertiary alicyclic amines) is 1. The standard InChI is InChI=1S/C27H34ClN3O3S/c1-29(2)26(32)24-9-8-21(18-25(24)28)30-14-10-22(11-15-30)35-23-12-16-31(17-13-23)27(33)34-19-20-6-4-3-5-7-20/h3-9,18,22-23H,10-17,19H2,1-2H3. The van der Waals surface area contributed by atoms with E-state index < -0.39 is 0 Å². The number of piperidine rings is 2. The summed E-state index contributed by atoms with van der Waals surface area (Å²) in [4.78, 5) is 30.4. The van der Waals surface area contributed by atoms with Crippen LogP contribution in [-0.2, 0) is 11.3 Å². The lowest BCUT2D eigenvalue weighted by atomic mass is 10.1. The summed E-state index contributed by atoms with van der Waals surface area (Å²) in [6, 6.07) is 15.6. The molecule has 188 valence electrons. The lowest BCUT2D eigenvalue weighted by Gasteiger charge is -2.37. The SMILES string of the molecule is CN(C)C(=O)c1ccc(N2CCC(SC3CCN(C(=O)OCc4ccccc4)CC3)CC2)cc1Cl. The molecule has 2 aliphatic rings. The van der Waals surface area contributed by atoms with Gasteiger partial charge in [0.1, 0.15) is 6.61 Å². The Hall–Kier alpha value is -2.38. The van der Waals surface area contributed by atoms with E-state index in [-0.39, 0.29) is 12.0 Å². The van der Waals surface area contributed by atoms with Gasteiger partial charge in [-0.2, -0.15) is 11.8 Å². The van der Waals surface area contributed by atoms with Crippen LogP contribution in [0.5, 0.6) is 0 Å². The van der Waals surface area contributed by atoms with Crippen molar-refractivity contribution in [1.29, 1.82) is 0 Å². The molecule has 0 N–H and O–H groups in total. The van der Waals surface area contributed by atoms with Gasteiger partial charge in [0.15, 0.2) is 0 Å². The summed E-state index contributed by atoms with van der Waals surface area (Å²) in [5.41, 5.74) is 2.63. The molecule has 4 rings (SSSR count). The van der Waals surface area contributed by atoms with Gasteiger partial charge in [0.25, 0.3) is 5.91 Å². The first-order valence-electron chi connectivity index (χ1n) is 12.3. The molecule has 0 aromatic heterocycles. The Balaban J connectivity index is 1.18. The number of carbonyl (C=O) groups is 2. The second-order valence-electron chi connectivity index (χ2n) is 9.41. The predicted molar refractivity (Wildman–Crippen MR) is 144 cm³/mol. The molecule has 6 nitrogen and oxygen atoms in total. The molecule has 2 fully saturated rings. The number of amides is 2. The Kier molecular flexibility index (Phi) is 8.84. The molecule has 0 unspecified atom stereocenters. The minimum Gasteiger partial charge on any atom is -0.445 e. The smallest absolute Gasteiger partial charge is 0.410 e. The maximum absolute atomic E-state index is 12.4. The molecule has 2 aromatic carbocycles. The zero-order valence-corrected chi connectivity index (χ0v) is 22.1. The molecule has 0 atom stereocenters. The minimum absolute atomic E-state index is 0.0767. The number of benzene rings is 2. The molecule has 0 spiro atoms. The van der Waals surface area contributed by atoms with E-state index in [0.717, 1.165) is 63.1 Å². The first-order chi connectivity index (χ1) is 16.9. The summed E-state index contributed by atoms with van der Waals surface area (Å²) in [5.74, 6) is -0.0767. The zero-order valence-electron chi connectivity index (χ0n) is 20.5. The second-order valence-corrected chi connectivity index (χ2v) is 11.4. The first kappa shape index (κ1) is 25.7. The summed E-state index contributed by atoms with van der Waals surface area (Å²) in [7, 11) is 3.47. The van der Waals surface area contributed by atoms with E-state index in [2.05, 4.69) is 16.7 Å². The average Bonchev–Trinajstić information content (AvgIpc) is 2.88. The topological polar surface area (TPSA) is 53.1 Å². The third-order valence-corrected chi connectivity index (χ3v) is 8.71. The van der Waals surface area contributed by atoms with Gasteiger partial charge >= 0.3 is 6.09 Å². The fourth-order valence-electron chi connectivity index (χ4n) is 4.62. The summed E-state index contributed by atoms with van der Waals surface area (Å²) >= 11 is 8.51. The summed E-state index contributed by atoms with van der Waals surface area (Å²) in [6.07, 6.45) is 4.08. The highest BCUT2D eigenvalue weighted by molar-refractivity contribution is 8.00. The van der Waals surface area contributed by atoms with Crippen LogP contribution < -0.4 is 4.90 Å². The number of thioether (sulfide) groups is 1. The number of carbonyl (C=O) groups excluding carboxylic acids is 2. The molecule has 35 heavy (non-hydrogen) atoms. The van der Waals surface area contributed by atoms with Crippen LogP contribution in [0.25, 0.3) is 0 Å². The Labute approximate surface area is 217 Å². The molecule has 2 amide bonds. The largest absolute Gasteiger partial charge is 0.445 e. The van der Waals surface area contributed by atoms with E-state index in [1.807, 2.05) is 53.4 Å². The Morgan fingerprint density at radius 1 is 0.971 bits per heavy atom. The lowest BCUT2D eigenvalue weighted by Crippen LogP contribution is -2.41. The number of rotatable bonds is 6. The average molecular weight is 516 g/mol. The number of halogens is 1. The van der Waals surface area contributed by atoms with Crippen molar-refractivity contribution in [3.05, 3.63) is 64.7 Å². The third kappa shape index (κ3) is 6.85. The molecule has 2 saturated heterocycles. The van der Waals surface area contributed by atoms with E-state index in [1.165, 1.54) is 0 Å². The molecule has 2 aliphatic heterocycles. The molecular weight excluding hydrogens is 482 g/mol. The predicted octanol–water partition coefficient (Wildman–Crippen LogP) is 5.55. The van der Waals surface area contributed by atoms with Crippen LogP contribution in [0.15, 0.2) is 48.5 Å². The van der Waals surface area contributed by atoms with Gasteiger partial charge in [-0.05, 0) is 49.4 Å². The molecule has 0 radical (unpaired) electrons. The zero-order chi connectivity index (χ0) is 24.8. The van der Waals surface area contributed by atoms with Crippen molar-refractivity contribution < 1.29 is 14.3 Å². The highest BCUT2D eigenvalue weighted by Gasteiger charge is 2.28. The molecule has 0 aliphatic carbocycles. The van der Waals surface area contributed by atoms with E-state index in [0.29, 0.717) is 27.7 Å². The molecular formula is C27H34ClN3O3S. The number of ether oxygens (including phenoxy) is 1. The summed E-state index contributed by atoms with van der Waals surface area (Å²) < 4.78 is 5.49. The van der Waals surface area contributed by atoms with Crippen LogP contribution in [0.1, 0.15) is 41.6 Å². The van der Waals surface area contributed by atoms with E-state index >= 15 is 0 Å². The van der Waals surface area contributed by atoms with E-state index in [4.69, 9.17) is 16.3 Å². The second kappa shape index (κ2) is 12.0. The van der Waals surface area contributed by atoms with Crippen molar-refractivity contribution in [1.82, 2.24) is 9.80 Å². The van der Waals surface area contributed by atoms with Gasteiger partial charge in [0.2, 0.25) is 0 Å².